The van der Waals surface area contributed by atoms with Crippen LogP contribution in [0.3, 0.4) is 0 Å². The van der Waals surface area contributed by atoms with Gasteiger partial charge < -0.3 is 10.2 Å². The molecule has 0 radical (unpaired) electrons. The molecule has 2 heterocycles. The zero-order valence-corrected chi connectivity index (χ0v) is 12.7. The molecule has 0 aromatic rings. The van der Waals surface area contributed by atoms with Crippen molar-refractivity contribution in [3.8, 4) is 0 Å². The van der Waals surface area contributed by atoms with E-state index in [1.165, 1.54) is 4.90 Å². The lowest BCUT2D eigenvalue weighted by Gasteiger charge is -2.38. The van der Waals surface area contributed by atoms with Crippen LogP contribution in [0.1, 0.15) is 33.6 Å². The zero-order valence-electron chi connectivity index (χ0n) is 12.7. The fraction of sp³-hybridized carbons (Fsp3) is 0.733. The second-order valence-electron chi connectivity index (χ2n) is 6.56. The van der Waals surface area contributed by atoms with Gasteiger partial charge in [-0.1, -0.05) is 26.0 Å². The SMILES string of the molecule is C=C(C)CN1C(=O)NC2(CCN(CC(C)C)CC2)C1=O. The number of nitrogens with zero attached hydrogens (tertiary/aromatic N) is 2. The fourth-order valence-electron chi connectivity index (χ4n) is 3.06. The van der Waals surface area contributed by atoms with Gasteiger partial charge in [0.2, 0.25) is 0 Å². The Kier molecular flexibility index (Phi) is 4.18. The summed E-state index contributed by atoms with van der Waals surface area (Å²) in [7, 11) is 0. The van der Waals surface area contributed by atoms with Crippen molar-refractivity contribution in [2.75, 3.05) is 26.2 Å². The summed E-state index contributed by atoms with van der Waals surface area (Å²) in [5.41, 5.74) is 0.155. The lowest BCUT2D eigenvalue weighted by atomic mass is 9.87. The van der Waals surface area contributed by atoms with Crippen molar-refractivity contribution in [1.29, 1.82) is 0 Å². The van der Waals surface area contributed by atoms with Crippen LogP contribution in [0.15, 0.2) is 12.2 Å². The van der Waals surface area contributed by atoms with Crippen LogP contribution in [0.4, 0.5) is 4.79 Å². The number of piperidine rings is 1. The van der Waals surface area contributed by atoms with E-state index < -0.39 is 5.54 Å². The highest BCUT2D eigenvalue weighted by atomic mass is 16.2. The van der Waals surface area contributed by atoms with Crippen LogP contribution in [0.25, 0.3) is 0 Å². The topological polar surface area (TPSA) is 52.7 Å². The van der Waals surface area contributed by atoms with E-state index in [0.717, 1.165) is 25.2 Å². The molecule has 5 heteroatoms. The van der Waals surface area contributed by atoms with Crippen molar-refractivity contribution >= 4 is 11.9 Å². The summed E-state index contributed by atoms with van der Waals surface area (Å²) in [6.07, 6.45) is 1.41. The van der Waals surface area contributed by atoms with Gasteiger partial charge >= 0.3 is 6.03 Å². The van der Waals surface area contributed by atoms with Gasteiger partial charge in [-0.15, -0.1) is 0 Å². The maximum atomic E-state index is 12.5. The summed E-state index contributed by atoms with van der Waals surface area (Å²) in [6, 6.07) is -0.268. The third-order valence-corrected chi connectivity index (χ3v) is 4.01. The van der Waals surface area contributed by atoms with Crippen molar-refractivity contribution in [1.82, 2.24) is 15.1 Å². The molecule has 112 valence electrons. The highest BCUT2D eigenvalue weighted by Crippen LogP contribution is 2.30. The molecule has 5 nitrogen and oxygen atoms in total. The fourth-order valence-corrected chi connectivity index (χ4v) is 3.06. The number of hydrogen-bond acceptors (Lipinski definition) is 3. The van der Waals surface area contributed by atoms with E-state index in [0.29, 0.717) is 25.3 Å². The number of amides is 3. The summed E-state index contributed by atoms with van der Waals surface area (Å²) in [5, 5.41) is 2.92. The van der Waals surface area contributed by atoms with Crippen LogP contribution in [-0.2, 0) is 4.79 Å². The van der Waals surface area contributed by atoms with Crippen LogP contribution in [0, 0.1) is 5.92 Å². The van der Waals surface area contributed by atoms with E-state index in [-0.39, 0.29) is 11.9 Å². The van der Waals surface area contributed by atoms with Crippen molar-refractivity contribution in [2.24, 2.45) is 5.92 Å². The first kappa shape index (κ1) is 15.0. The Labute approximate surface area is 121 Å². The number of hydrogen-bond donors (Lipinski definition) is 1. The van der Waals surface area contributed by atoms with Gasteiger partial charge in [0, 0.05) is 19.6 Å². The standard InChI is InChI=1S/C15H25N3O2/c1-11(2)9-17-7-5-15(6-8-17)13(19)18(10-12(3)4)14(20)16-15/h11H,3,5-10H2,1-2,4H3,(H,16,20). The van der Waals surface area contributed by atoms with Gasteiger partial charge in [-0.25, -0.2) is 4.79 Å². The summed E-state index contributed by atoms with van der Waals surface area (Å²) in [6.45, 7) is 13.1. The number of likely N-dealkylation sites (tertiary alicyclic amines) is 1. The second-order valence-corrected chi connectivity index (χ2v) is 6.56. The van der Waals surface area contributed by atoms with Gasteiger partial charge in [0.25, 0.3) is 5.91 Å². The van der Waals surface area contributed by atoms with Crippen molar-refractivity contribution < 1.29 is 9.59 Å². The van der Waals surface area contributed by atoms with Crippen LogP contribution < -0.4 is 5.32 Å². The molecule has 2 saturated heterocycles. The molecule has 0 atom stereocenters. The van der Waals surface area contributed by atoms with Crippen molar-refractivity contribution in [3.05, 3.63) is 12.2 Å². The molecule has 2 aliphatic rings. The molecular weight excluding hydrogens is 254 g/mol. The molecule has 2 aliphatic heterocycles. The van der Waals surface area contributed by atoms with E-state index >= 15 is 0 Å². The van der Waals surface area contributed by atoms with Crippen molar-refractivity contribution in [2.45, 2.75) is 39.2 Å². The summed E-state index contributed by atoms with van der Waals surface area (Å²) >= 11 is 0. The quantitative estimate of drug-likeness (QED) is 0.628. The maximum absolute atomic E-state index is 12.5. The third-order valence-electron chi connectivity index (χ3n) is 4.01. The molecule has 0 aromatic heterocycles. The smallest absolute Gasteiger partial charge is 0.323 e. The van der Waals surface area contributed by atoms with Gasteiger partial charge in [-0.3, -0.25) is 9.69 Å². The van der Waals surface area contributed by atoms with E-state index in [9.17, 15) is 9.59 Å². The van der Waals surface area contributed by atoms with E-state index in [2.05, 4.69) is 30.6 Å². The molecule has 20 heavy (non-hydrogen) atoms. The molecule has 3 amide bonds. The summed E-state index contributed by atoms with van der Waals surface area (Å²) < 4.78 is 0. The Morgan fingerprint density at radius 1 is 1.35 bits per heavy atom. The largest absolute Gasteiger partial charge is 0.325 e. The molecule has 2 rings (SSSR count). The first-order valence-corrected chi connectivity index (χ1v) is 7.35. The summed E-state index contributed by atoms with van der Waals surface area (Å²) in [4.78, 5) is 28.2. The molecule has 0 unspecified atom stereocenters. The Hall–Kier alpha value is -1.36. The molecule has 1 spiro atoms. The zero-order chi connectivity index (χ0) is 14.9. The second kappa shape index (κ2) is 5.56. The van der Waals surface area contributed by atoms with E-state index in [1.54, 1.807) is 0 Å². The number of rotatable bonds is 4. The number of carbonyl (C=O) groups excluding carboxylic acids is 2. The minimum Gasteiger partial charge on any atom is -0.323 e. The molecule has 0 saturated carbocycles. The predicted octanol–water partition coefficient (Wildman–Crippen LogP) is 1.60. The molecule has 0 aliphatic carbocycles. The van der Waals surface area contributed by atoms with E-state index in [1.807, 2.05) is 6.92 Å². The number of nitrogens with one attached hydrogen (secondary N) is 1. The molecule has 1 N–H and O–H groups in total. The average Bonchev–Trinajstić information content (AvgIpc) is 2.56. The molecule has 0 bridgehead atoms. The molecular formula is C15H25N3O2. The van der Waals surface area contributed by atoms with Gasteiger partial charge in [-0.05, 0) is 25.7 Å². The third kappa shape index (κ3) is 2.87. The average molecular weight is 279 g/mol. The predicted molar refractivity (Wildman–Crippen MR) is 78.3 cm³/mol. The van der Waals surface area contributed by atoms with E-state index in [4.69, 9.17) is 0 Å². The molecule has 0 aromatic carbocycles. The Morgan fingerprint density at radius 3 is 2.45 bits per heavy atom. The van der Waals surface area contributed by atoms with Gasteiger partial charge in [-0.2, -0.15) is 0 Å². The minimum atomic E-state index is -0.667. The minimum absolute atomic E-state index is 0.0744. The monoisotopic (exact) mass is 279 g/mol. The normalized spacial score (nSPS) is 22.7. The Morgan fingerprint density at radius 2 is 1.95 bits per heavy atom. The number of imide groups is 1. The number of carbonyl (C=O) groups is 2. The first-order valence-electron chi connectivity index (χ1n) is 7.35. The lowest BCUT2D eigenvalue weighted by Crippen LogP contribution is -2.55. The highest BCUT2D eigenvalue weighted by molar-refractivity contribution is 6.07. The maximum Gasteiger partial charge on any atom is 0.325 e. The van der Waals surface area contributed by atoms with Gasteiger partial charge in [0.1, 0.15) is 5.54 Å². The van der Waals surface area contributed by atoms with Gasteiger partial charge in [0.15, 0.2) is 0 Å². The lowest BCUT2D eigenvalue weighted by molar-refractivity contribution is -0.132. The highest BCUT2D eigenvalue weighted by Gasteiger charge is 2.52. The Bertz CT molecular complexity index is 423. The summed E-state index contributed by atoms with van der Waals surface area (Å²) in [5.74, 6) is 0.549. The van der Waals surface area contributed by atoms with Crippen molar-refractivity contribution in [3.63, 3.8) is 0 Å². The van der Waals surface area contributed by atoms with Crippen LogP contribution in [-0.4, -0.2) is 53.5 Å². The van der Waals surface area contributed by atoms with Crippen LogP contribution in [0.2, 0.25) is 0 Å². The van der Waals surface area contributed by atoms with Crippen LogP contribution >= 0.6 is 0 Å². The number of urea groups is 1. The van der Waals surface area contributed by atoms with Gasteiger partial charge in [0.05, 0.1) is 6.54 Å². The molecule has 2 fully saturated rings. The van der Waals surface area contributed by atoms with Crippen LogP contribution in [0.5, 0.6) is 0 Å². The Balaban J connectivity index is 2.02. The first-order chi connectivity index (χ1) is 9.34.